The first kappa shape index (κ1) is 13.5. The van der Waals surface area contributed by atoms with Gasteiger partial charge in [-0.3, -0.25) is 0 Å². The molecule has 4 nitrogen and oxygen atoms in total. The molecule has 1 heterocycles. The number of aliphatic hydroxyl groups is 1. The number of nitrogens with zero attached hydrogens (tertiary/aromatic N) is 1. The Morgan fingerprint density at radius 3 is 2.68 bits per heavy atom. The van der Waals surface area contributed by atoms with E-state index in [0.29, 0.717) is 12.3 Å². The molecule has 19 heavy (non-hydrogen) atoms. The average Bonchev–Trinajstić information content (AvgIpc) is 2.90. The molecule has 0 saturated heterocycles. The molecule has 2 rings (SSSR count). The van der Waals surface area contributed by atoms with Crippen LogP contribution >= 0.6 is 0 Å². The number of ether oxygens (including phenoxy) is 1. The van der Waals surface area contributed by atoms with Crippen LogP contribution in [0.3, 0.4) is 0 Å². The molecule has 0 amide bonds. The molecule has 0 spiro atoms. The van der Waals surface area contributed by atoms with E-state index >= 15 is 0 Å². The number of methoxy groups -OCH3 is 1. The van der Waals surface area contributed by atoms with Gasteiger partial charge in [-0.05, 0) is 31.2 Å². The first-order valence-corrected chi connectivity index (χ1v) is 6.22. The molecule has 1 aromatic carbocycles. The van der Waals surface area contributed by atoms with Gasteiger partial charge in [0.1, 0.15) is 11.5 Å². The number of rotatable bonds is 5. The summed E-state index contributed by atoms with van der Waals surface area (Å²) in [6, 6.07) is 9.53. The summed E-state index contributed by atoms with van der Waals surface area (Å²) in [5.41, 5.74) is 1.73. The minimum atomic E-state index is -0.592. The van der Waals surface area contributed by atoms with Crippen molar-refractivity contribution >= 4 is 5.69 Å². The highest BCUT2D eigenvalue weighted by Gasteiger charge is 2.17. The molecule has 0 fully saturated rings. The van der Waals surface area contributed by atoms with Gasteiger partial charge < -0.3 is 19.2 Å². The van der Waals surface area contributed by atoms with Gasteiger partial charge >= 0.3 is 0 Å². The van der Waals surface area contributed by atoms with Gasteiger partial charge in [0.15, 0.2) is 0 Å². The van der Waals surface area contributed by atoms with Crippen molar-refractivity contribution in [2.24, 2.45) is 0 Å². The SMILES string of the molecule is COc1cccc(N(C)Cc2ccco2)c1[C@@H](C)O. The fourth-order valence-corrected chi connectivity index (χ4v) is 2.18. The first-order valence-electron chi connectivity index (χ1n) is 6.22. The van der Waals surface area contributed by atoms with E-state index < -0.39 is 6.10 Å². The van der Waals surface area contributed by atoms with E-state index in [1.165, 1.54) is 0 Å². The number of aliphatic hydroxyl groups excluding tert-OH is 1. The molecule has 0 saturated carbocycles. The lowest BCUT2D eigenvalue weighted by Gasteiger charge is -2.24. The maximum atomic E-state index is 9.96. The van der Waals surface area contributed by atoms with Crippen LogP contribution in [0.5, 0.6) is 5.75 Å². The van der Waals surface area contributed by atoms with Crippen molar-refractivity contribution in [3.05, 3.63) is 47.9 Å². The second kappa shape index (κ2) is 5.80. The second-order valence-electron chi connectivity index (χ2n) is 4.50. The first-order chi connectivity index (χ1) is 9.13. The Morgan fingerprint density at radius 2 is 2.11 bits per heavy atom. The summed E-state index contributed by atoms with van der Waals surface area (Å²) in [5.74, 6) is 1.57. The van der Waals surface area contributed by atoms with E-state index in [1.54, 1.807) is 20.3 Å². The summed E-state index contributed by atoms with van der Waals surface area (Å²) in [7, 11) is 3.57. The van der Waals surface area contributed by atoms with Gasteiger partial charge in [-0.15, -0.1) is 0 Å². The van der Waals surface area contributed by atoms with Crippen LogP contribution in [0.15, 0.2) is 41.0 Å². The van der Waals surface area contributed by atoms with Crippen molar-refractivity contribution in [2.45, 2.75) is 19.6 Å². The van der Waals surface area contributed by atoms with E-state index in [4.69, 9.17) is 9.15 Å². The Kier molecular flexibility index (Phi) is 4.12. The zero-order valence-electron chi connectivity index (χ0n) is 11.5. The van der Waals surface area contributed by atoms with E-state index in [1.807, 2.05) is 42.3 Å². The molecule has 1 N–H and O–H groups in total. The molecule has 4 heteroatoms. The van der Waals surface area contributed by atoms with Gasteiger partial charge in [0, 0.05) is 18.3 Å². The van der Waals surface area contributed by atoms with Crippen molar-refractivity contribution in [3.63, 3.8) is 0 Å². The van der Waals surface area contributed by atoms with E-state index in [9.17, 15) is 5.11 Å². The Labute approximate surface area is 113 Å². The minimum absolute atomic E-state index is 0.592. The molecule has 0 bridgehead atoms. The lowest BCUT2D eigenvalue weighted by Crippen LogP contribution is -2.18. The fourth-order valence-electron chi connectivity index (χ4n) is 2.18. The third-order valence-electron chi connectivity index (χ3n) is 3.07. The smallest absolute Gasteiger partial charge is 0.126 e. The Hall–Kier alpha value is -1.94. The van der Waals surface area contributed by atoms with Gasteiger partial charge in [-0.1, -0.05) is 6.07 Å². The van der Waals surface area contributed by atoms with Crippen LogP contribution in [-0.4, -0.2) is 19.3 Å². The van der Waals surface area contributed by atoms with Gasteiger partial charge in [0.05, 0.1) is 26.0 Å². The largest absolute Gasteiger partial charge is 0.496 e. The lowest BCUT2D eigenvalue weighted by molar-refractivity contribution is 0.194. The number of hydrogen-bond donors (Lipinski definition) is 1. The molecule has 0 aliphatic carbocycles. The molecule has 0 aliphatic rings. The molecule has 1 atom stereocenters. The van der Waals surface area contributed by atoms with Crippen molar-refractivity contribution in [1.82, 2.24) is 0 Å². The summed E-state index contributed by atoms with van der Waals surface area (Å²) >= 11 is 0. The Morgan fingerprint density at radius 1 is 1.32 bits per heavy atom. The predicted octanol–water partition coefficient (Wildman–Crippen LogP) is 2.98. The van der Waals surface area contributed by atoms with Gasteiger partial charge in [0.25, 0.3) is 0 Å². The van der Waals surface area contributed by atoms with Crippen molar-refractivity contribution in [1.29, 1.82) is 0 Å². The van der Waals surface area contributed by atoms with Crippen molar-refractivity contribution < 1.29 is 14.3 Å². The highest BCUT2D eigenvalue weighted by molar-refractivity contribution is 5.60. The topological polar surface area (TPSA) is 45.8 Å². The minimum Gasteiger partial charge on any atom is -0.496 e. The molecule has 0 aliphatic heterocycles. The maximum Gasteiger partial charge on any atom is 0.126 e. The van der Waals surface area contributed by atoms with E-state index in [-0.39, 0.29) is 0 Å². The molecular formula is C15H19NO3. The summed E-state index contributed by atoms with van der Waals surface area (Å²) in [6.07, 6.45) is 1.06. The van der Waals surface area contributed by atoms with Crippen LogP contribution in [0, 0.1) is 0 Å². The number of anilines is 1. The third-order valence-corrected chi connectivity index (χ3v) is 3.07. The number of furan rings is 1. The van der Waals surface area contributed by atoms with Crippen LogP contribution < -0.4 is 9.64 Å². The number of hydrogen-bond acceptors (Lipinski definition) is 4. The van der Waals surface area contributed by atoms with Crippen LogP contribution in [0.1, 0.15) is 24.4 Å². The van der Waals surface area contributed by atoms with Crippen molar-refractivity contribution in [2.75, 3.05) is 19.1 Å². The quantitative estimate of drug-likeness (QED) is 0.898. The zero-order chi connectivity index (χ0) is 13.8. The molecular weight excluding hydrogens is 242 g/mol. The molecule has 102 valence electrons. The monoisotopic (exact) mass is 261 g/mol. The van der Waals surface area contributed by atoms with Crippen LogP contribution in [0.25, 0.3) is 0 Å². The number of benzene rings is 1. The van der Waals surface area contributed by atoms with E-state index in [0.717, 1.165) is 17.0 Å². The van der Waals surface area contributed by atoms with Gasteiger partial charge in [-0.2, -0.15) is 0 Å². The van der Waals surface area contributed by atoms with Gasteiger partial charge in [-0.25, -0.2) is 0 Å². The Balaban J connectivity index is 2.32. The van der Waals surface area contributed by atoms with Gasteiger partial charge in [0.2, 0.25) is 0 Å². The molecule has 0 unspecified atom stereocenters. The summed E-state index contributed by atoms with van der Waals surface area (Å²) in [6.45, 7) is 2.38. The normalized spacial score (nSPS) is 12.2. The average molecular weight is 261 g/mol. The van der Waals surface area contributed by atoms with Crippen LogP contribution in [0.4, 0.5) is 5.69 Å². The maximum absolute atomic E-state index is 9.96. The summed E-state index contributed by atoms with van der Waals surface area (Å²) in [5, 5.41) is 9.96. The van der Waals surface area contributed by atoms with Crippen LogP contribution in [0.2, 0.25) is 0 Å². The van der Waals surface area contributed by atoms with E-state index in [2.05, 4.69) is 0 Å². The molecule has 0 radical (unpaired) electrons. The van der Waals surface area contributed by atoms with Crippen LogP contribution in [-0.2, 0) is 6.54 Å². The fraction of sp³-hybridized carbons (Fsp3) is 0.333. The summed E-state index contributed by atoms with van der Waals surface area (Å²) in [4.78, 5) is 2.03. The lowest BCUT2D eigenvalue weighted by atomic mass is 10.1. The zero-order valence-corrected chi connectivity index (χ0v) is 11.5. The standard InChI is InChI=1S/C15H19NO3/c1-11(17)15-13(7-4-8-14(15)18-3)16(2)10-12-6-5-9-19-12/h4-9,11,17H,10H2,1-3H3/t11-/m1/s1. The highest BCUT2D eigenvalue weighted by Crippen LogP contribution is 2.34. The predicted molar refractivity (Wildman–Crippen MR) is 74.4 cm³/mol. The highest BCUT2D eigenvalue weighted by atomic mass is 16.5. The third kappa shape index (κ3) is 2.90. The second-order valence-corrected chi connectivity index (χ2v) is 4.50. The molecule has 1 aromatic heterocycles. The van der Waals surface area contributed by atoms with Crippen molar-refractivity contribution in [3.8, 4) is 5.75 Å². The molecule has 2 aromatic rings. The Bertz CT molecular complexity index is 520. The summed E-state index contributed by atoms with van der Waals surface area (Å²) < 4.78 is 10.7.